The summed E-state index contributed by atoms with van der Waals surface area (Å²) in [5.41, 5.74) is 0. The second-order valence-corrected chi connectivity index (χ2v) is 5.34. The third-order valence-corrected chi connectivity index (χ3v) is 3.79. The average molecular weight is 270 g/mol. The maximum Gasteiger partial charge on any atom is 0.236 e. The highest BCUT2D eigenvalue weighted by Crippen LogP contribution is 2.13. The van der Waals surface area contributed by atoms with Gasteiger partial charge in [-0.15, -0.1) is 11.3 Å². The third-order valence-electron chi connectivity index (χ3n) is 2.89. The number of ether oxygens (including phenoxy) is 1. The zero-order chi connectivity index (χ0) is 13.4. The van der Waals surface area contributed by atoms with Gasteiger partial charge in [-0.1, -0.05) is 6.07 Å². The normalized spacial score (nSPS) is 12.4. The van der Waals surface area contributed by atoms with Crippen LogP contribution < -0.4 is 5.32 Å². The van der Waals surface area contributed by atoms with Gasteiger partial charge < -0.3 is 15.0 Å². The summed E-state index contributed by atoms with van der Waals surface area (Å²) in [6, 6.07) is 4.37. The summed E-state index contributed by atoms with van der Waals surface area (Å²) in [4.78, 5) is 15.0. The minimum atomic E-state index is 0.121. The van der Waals surface area contributed by atoms with Gasteiger partial charge in [-0.25, -0.2) is 0 Å². The number of nitrogens with zero attached hydrogens (tertiary/aromatic N) is 1. The van der Waals surface area contributed by atoms with E-state index in [-0.39, 0.29) is 11.9 Å². The molecule has 0 saturated heterocycles. The predicted octanol–water partition coefficient (Wildman–Crippen LogP) is 1.37. The third kappa shape index (κ3) is 5.16. The first kappa shape index (κ1) is 15.1. The monoisotopic (exact) mass is 270 g/mol. The van der Waals surface area contributed by atoms with Crippen LogP contribution in [0.1, 0.15) is 11.8 Å². The van der Waals surface area contributed by atoms with Crippen molar-refractivity contribution in [1.82, 2.24) is 10.2 Å². The molecule has 1 heterocycles. The molecule has 18 heavy (non-hydrogen) atoms. The minimum absolute atomic E-state index is 0.121. The number of hydrogen-bond acceptors (Lipinski definition) is 4. The molecule has 1 rings (SSSR count). The second kappa shape index (κ2) is 8.24. The quantitative estimate of drug-likeness (QED) is 0.726. The molecule has 0 bridgehead atoms. The van der Waals surface area contributed by atoms with Gasteiger partial charge in [0, 0.05) is 38.0 Å². The van der Waals surface area contributed by atoms with Gasteiger partial charge in [-0.05, 0) is 18.4 Å². The Kier molecular flexibility index (Phi) is 6.93. The molecule has 0 fully saturated rings. The molecule has 1 amide bonds. The van der Waals surface area contributed by atoms with Crippen LogP contribution in [0.2, 0.25) is 0 Å². The van der Waals surface area contributed by atoms with E-state index in [1.54, 1.807) is 23.3 Å². The number of rotatable bonds is 8. The van der Waals surface area contributed by atoms with Crippen LogP contribution in [-0.2, 0) is 16.0 Å². The highest BCUT2D eigenvalue weighted by Gasteiger charge is 2.15. The Labute approximate surface area is 113 Å². The maximum atomic E-state index is 11.9. The molecule has 0 aliphatic carbocycles. The molecule has 0 aliphatic rings. The molecular weight excluding hydrogens is 248 g/mol. The van der Waals surface area contributed by atoms with Gasteiger partial charge >= 0.3 is 0 Å². The molecule has 102 valence electrons. The van der Waals surface area contributed by atoms with Gasteiger partial charge in [0.25, 0.3) is 0 Å². The fourth-order valence-electron chi connectivity index (χ4n) is 1.60. The van der Waals surface area contributed by atoms with Crippen molar-refractivity contribution < 1.29 is 9.53 Å². The number of methoxy groups -OCH3 is 1. The number of hydrogen-bond donors (Lipinski definition) is 1. The van der Waals surface area contributed by atoms with E-state index in [9.17, 15) is 4.79 Å². The Morgan fingerprint density at radius 1 is 1.61 bits per heavy atom. The van der Waals surface area contributed by atoms with Crippen molar-refractivity contribution in [3.63, 3.8) is 0 Å². The second-order valence-electron chi connectivity index (χ2n) is 4.31. The fraction of sp³-hybridized carbons (Fsp3) is 0.615. The lowest BCUT2D eigenvalue weighted by Crippen LogP contribution is -2.42. The molecule has 1 N–H and O–H groups in total. The van der Waals surface area contributed by atoms with Crippen molar-refractivity contribution >= 4 is 17.2 Å². The van der Waals surface area contributed by atoms with Gasteiger partial charge in [-0.2, -0.15) is 0 Å². The fourth-order valence-corrected chi connectivity index (χ4v) is 2.42. The van der Waals surface area contributed by atoms with Crippen LogP contribution in [0.15, 0.2) is 17.5 Å². The summed E-state index contributed by atoms with van der Waals surface area (Å²) in [5.74, 6) is 0.121. The molecule has 0 saturated carbocycles. The van der Waals surface area contributed by atoms with E-state index in [0.717, 1.165) is 6.42 Å². The largest absolute Gasteiger partial charge is 0.383 e. The molecule has 0 aromatic carbocycles. The summed E-state index contributed by atoms with van der Waals surface area (Å²) in [6.07, 6.45) is 0.915. The van der Waals surface area contributed by atoms with E-state index >= 15 is 0 Å². The number of thiophene rings is 1. The molecule has 0 radical (unpaired) electrons. The lowest BCUT2D eigenvalue weighted by atomic mass is 10.2. The number of carbonyl (C=O) groups excluding carboxylic acids is 1. The topological polar surface area (TPSA) is 41.6 Å². The Hall–Kier alpha value is -0.910. The molecule has 4 nitrogen and oxygen atoms in total. The van der Waals surface area contributed by atoms with Gasteiger partial charge in [0.15, 0.2) is 0 Å². The van der Waals surface area contributed by atoms with E-state index in [0.29, 0.717) is 19.7 Å². The molecule has 0 aliphatic heterocycles. The molecule has 1 aromatic heterocycles. The average Bonchev–Trinajstić information content (AvgIpc) is 2.86. The van der Waals surface area contributed by atoms with Crippen LogP contribution in [0.4, 0.5) is 0 Å². The number of carbonyl (C=O) groups is 1. The molecule has 5 heteroatoms. The number of nitrogens with one attached hydrogen (secondary N) is 1. The van der Waals surface area contributed by atoms with Crippen molar-refractivity contribution in [2.45, 2.75) is 19.4 Å². The SMILES string of the molecule is COCCNCC(=O)N(C)C(C)Cc1cccs1. The molecule has 1 atom stereocenters. The van der Waals surface area contributed by atoms with Crippen molar-refractivity contribution in [3.8, 4) is 0 Å². The molecule has 1 unspecified atom stereocenters. The van der Waals surface area contributed by atoms with E-state index in [4.69, 9.17) is 4.74 Å². The summed E-state index contributed by atoms with van der Waals surface area (Å²) in [7, 11) is 3.51. The zero-order valence-electron chi connectivity index (χ0n) is 11.3. The summed E-state index contributed by atoms with van der Waals surface area (Å²) in [5, 5.41) is 5.13. The van der Waals surface area contributed by atoms with Crippen LogP contribution >= 0.6 is 11.3 Å². The van der Waals surface area contributed by atoms with E-state index in [2.05, 4.69) is 23.7 Å². The van der Waals surface area contributed by atoms with Crippen molar-refractivity contribution in [2.24, 2.45) is 0 Å². The van der Waals surface area contributed by atoms with Gasteiger partial charge in [-0.3, -0.25) is 4.79 Å². The summed E-state index contributed by atoms with van der Waals surface area (Å²) >= 11 is 1.73. The number of likely N-dealkylation sites (N-methyl/N-ethyl adjacent to an activating group) is 1. The zero-order valence-corrected chi connectivity index (χ0v) is 12.1. The van der Waals surface area contributed by atoms with Gasteiger partial charge in [0.05, 0.1) is 13.2 Å². The van der Waals surface area contributed by atoms with E-state index in [1.165, 1.54) is 4.88 Å². The van der Waals surface area contributed by atoms with Crippen molar-refractivity contribution in [3.05, 3.63) is 22.4 Å². The first-order valence-corrected chi connectivity index (χ1v) is 7.00. The van der Waals surface area contributed by atoms with Crippen LogP contribution in [0, 0.1) is 0 Å². The standard InChI is InChI=1S/C13H22N2O2S/c1-11(9-12-5-4-8-18-12)15(2)13(16)10-14-6-7-17-3/h4-5,8,11,14H,6-7,9-10H2,1-3H3. The smallest absolute Gasteiger partial charge is 0.236 e. The first-order valence-electron chi connectivity index (χ1n) is 6.13. The van der Waals surface area contributed by atoms with Gasteiger partial charge in [0.2, 0.25) is 5.91 Å². The molecule has 0 spiro atoms. The summed E-state index contributed by atoms with van der Waals surface area (Å²) in [6.45, 7) is 3.78. The Balaban J connectivity index is 2.29. The first-order chi connectivity index (χ1) is 8.65. The molecular formula is C13H22N2O2S. The lowest BCUT2D eigenvalue weighted by molar-refractivity contribution is -0.130. The van der Waals surface area contributed by atoms with Gasteiger partial charge in [0.1, 0.15) is 0 Å². The van der Waals surface area contributed by atoms with Crippen molar-refractivity contribution in [1.29, 1.82) is 0 Å². The van der Waals surface area contributed by atoms with Crippen LogP contribution in [0.25, 0.3) is 0 Å². The van der Waals surface area contributed by atoms with Crippen LogP contribution in [0.5, 0.6) is 0 Å². The number of amides is 1. The lowest BCUT2D eigenvalue weighted by Gasteiger charge is -2.24. The predicted molar refractivity (Wildman–Crippen MR) is 75.0 cm³/mol. The minimum Gasteiger partial charge on any atom is -0.383 e. The molecule has 1 aromatic rings. The Bertz CT molecular complexity index is 341. The summed E-state index contributed by atoms with van der Waals surface area (Å²) < 4.78 is 4.92. The Morgan fingerprint density at radius 2 is 2.39 bits per heavy atom. The van der Waals surface area contributed by atoms with E-state index in [1.807, 2.05) is 13.1 Å². The highest BCUT2D eigenvalue weighted by molar-refractivity contribution is 7.09. The maximum absolute atomic E-state index is 11.9. The van der Waals surface area contributed by atoms with Crippen LogP contribution in [-0.4, -0.2) is 50.7 Å². The van der Waals surface area contributed by atoms with Crippen molar-refractivity contribution in [2.75, 3.05) is 33.9 Å². The highest BCUT2D eigenvalue weighted by atomic mass is 32.1. The van der Waals surface area contributed by atoms with E-state index < -0.39 is 0 Å². The van der Waals surface area contributed by atoms with Crippen LogP contribution in [0.3, 0.4) is 0 Å². The Morgan fingerprint density at radius 3 is 3.00 bits per heavy atom.